The molecule has 0 fully saturated rings. The van der Waals surface area contributed by atoms with Crippen LogP contribution in [0.1, 0.15) is 30.8 Å². The van der Waals surface area contributed by atoms with Gasteiger partial charge in [-0.05, 0) is 30.0 Å². The SMILES string of the molecule is CC(C)C(NC(=O)C(Cc1cnc[nH]1)NC(=O)C(N)Cc1ccc(O)cc1)C(=O)NC(Cc1cnc[nH]1)C(=O)O. The molecule has 2 aromatic heterocycles. The molecular formula is C26H34N8O6. The first-order chi connectivity index (χ1) is 19.0. The Kier molecular flexibility index (Phi) is 10.4. The number of carboxylic acids is 1. The lowest BCUT2D eigenvalue weighted by molar-refractivity contribution is -0.142. The summed E-state index contributed by atoms with van der Waals surface area (Å²) < 4.78 is 0. The van der Waals surface area contributed by atoms with Crippen LogP contribution in [0.15, 0.2) is 49.3 Å². The van der Waals surface area contributed by atoms with Gasteiger partial charge in [0, 0.05) is 36.6 Å². The van der Waals surface area contributed by atoms with E-state index in [0.717, 1.165) is 5.56 Å². The van der Waals surface area contributed by atoms with E-state index in [2.05, 4.69) is 35.9 Å². The van der Waals surface area contributed by atoms with E-state index in [1.165, 1.54) is 37.2 Å². The minimum Gasteiger partial charge on any atom is -0.508 e. The van der Waals surface area contributed by atoms with Crippen LogP contribution < -0.4 is 21.7 Å². The van der Waals surface area contributed by atoms with E-state index in [9.17, 15) is 29.4 Å². The number of benzene rings is 1. The molecule has 0 saturated carbocycles. The monoisotopic (exact) mass is 554 g/mol. The number of hydrogen-bond acceptors (Lipinski definition) is 8. The fourth-order valence-corrected chi connectivity index (χ4v) is 3.95. The molecule has 3 rings (SSSR count). The molecule has 0 radical (unpaired) electrons. The second-order valence-electron chi connectivity index (χ2n) is 9.73. The van der Waals surface area contributed by atoms with Gasteiger partial charge in [-0.2, -0.15) is 0 Å². The predicted molar refractivity (Wildman–Crippen MR) is 143 cm³/mol. The molecule has 0 aliphatic carbocycles. The molecule has 214 valence electrons. The number of nitrogens with two attached hydrogens (primary N) is 1. The summed E-state index contributed by atoms with van der Waals surface area (Å²) in [7, 11) is 0. The van der Waals surface area contributed by atoms with Gasteiger partial charge in [0.2, 0.25) is 17.7 Å². The Bertz CT molecular complexity index is 1260. The molecule has 1 aromatic carbocycles. The number of aromatic hydroxyl groups is 1. The Morgan fingerprint density at radius 1 is 0.825 bits per heavy atom. The van der Waals surface area contributed by atoms with Crippen LogP contribution in [0.2, 0.25) is 0 Å². The number of carbonyl (C=O) groups is 4. The van der Waals surface area contributed by atoms with Crippen molar-refractivity contribution in [3.63, 3.8) is 0 Å². The van der Waals surface area contributed by atoms with Gasteiger partial charge in [0.1, 0.15) is 23.9 Å². The van der Waals surface area contributed by atoms with Gasteiger partial charge in [-0.3, -0.25) is 14.4 Å². The molecule has 0 bridgehead atoms. The summed E-state index contributed by atoms with van der Waals surface area (Å²) in [5.41, 5.74) is 7.89. The van der Waals surface area contributed by atoms with Crippen molar-refractivity contribution < 1.29 is 29.4 Å². The van der Waals surface area contributed by atoms with Gasteiger partial charge >= 0.3 is 5.97 Å². The Balaban J connectivity index is 1.70. The number of nitrogens with one attached hydrogen (secondary N) is 5. The van der Waals surface area contributed by atoms with Crippen molar-refractivity contribution in [2.45, 2.75) is 57.3 Å². The van der Waals surface area contributed by atoms with Crippen molar-refractivity contribution in [2.75, 3.05) is 0 Å². The van der Waals surface area contributed by atoms with E-state index in [1.54, 1.807) is 26.0 Å². The summed E-state index contributed by atoms with van der Waals surface area (Å²) in [6.07, 6.45) is 5.96. The van der Waals surface area contributed by atoms with Crippen LogP contribution in [0, 0.1) is 5.92 Å². The van der Waals surface area contributed by atoms with Crippen molar-refractivity contribution in [2.24, 2.45) is 11.7 Å². The maximum absolute atomic E-state index is 13.4. The molecule has 4 atom stereocenters. The van der Waals surface area contributed by atoms with Crippen LogP contribution >= 0.6 is 0 Å². The summed E-state index contributed by atoms with van der Waals surface area (Å²) in [6, 6.07) is 1.77. The third kappa shape index (κ3) is 8.66. The van der Waals surface area contributed by atoms with Gasteiger partial charge in [-0.15, -0.1) is 0 Å². The summed E-state index contributed by atoms with van der Waals surface area (Å²) in [6.45, 7) is 3.40. The smallest absolute Gasteiger partial charge is 0.326 e. The van der Waals surface area contributed by atoms with Gasteiger partial charge in [0.15, 0.2) is 0 Å². The van der Waals surface area contributed by atoms with Crippen molar-refractivity contribution in [3.05, 3.63) is 66.3 Å². The number of imidazole rings is 2. The van der Waals surface area contributed by atoms with Crippen molar-refractivity contribution in [1.82, 2.24) is 35.9 Å². The Morgan fingerprint density at radius 3 is 1.88 bits per heavy atom. The van der Waals surface area contributed by atoms with Gasteiger partial charge in [-0.1, -0.05) is 26.0 Å². The predicted octanol–water partition coefficient (Wildman–Crippen LogP) is -0.611. The number of nitrogens with zero attached hydrogens (tertiary/aromatic N) is 2. The minimum absolute atomic E-state index is 0.0305. The zero-order valence-electron chi connectivity index (χ0n) is 22.1. The molecular weight excluding hydrogens is 520 g/mol. The first-order valence-corrected chi connectivity index (χ1v) is 12.7. The van der Waals surface area contributed by atoms with Crippen molar-refractivity contribution in [1.29, 1.82) is 0 Å². The topological polar surface area (TPSA) is 228 Å². The Morgan fingerprint density at radius 2 is 1.38 bits per heavy atom. The molecule has 3 amide bonds. The summed E-state index contributed by atoms with van der Waals surface area (Å²) in [5.74, 6) is -3.52. The molecule has 2 heterocycles. The van der Waals surface area contributed by atoms with Crippen molar-refractivity contribution >= 4 is 23.7 Å². The molecule has 14 heteroatoms. The van der Waals surface area contributed by atoms with Crippen LogP contribution in [0.3, 0.4) is 0 Å². The molecule has 0 aliphatic rings. The average molecular weight is 555 g/mol. The van der Waals surface area contributed by atoms with E-state index < -0.39 is 53.8 Å². The van der Waals surface area contributed by atoms with E-state index in [-0.39, 0.29) is 25.0 Å². The van der Waals surface area contributed by atoms with Crippen molar-refractivity contribution in [3.8, 4) is 5.75 Å². The zero-order chi connectivity index (χ0) is 29.2. The highest BCUT2D eigenvalue weighted by atomic mass is 16.4. The van der Waals surface area contributed by atoms with E-state index in [0.29, 0.717) is 11.4 Å². The minimum atomic E-state index is -1.26. The second kappa shape index (κ2) is 13.9. The van der Waals surface area contributed by atoms with E-state index in [4.69, 9.17) is 5.73 Å². The molecule has 4 unspecified atom stereocenters. The molecule has 0 aliphatic heterocycles. The highest BCUT2D eigenvalue weighted by molar-refractivity contribution is 5.94. The fraction of sp³-hybridized carbons (Fsp3) is 0.385. The number of rotatable bonds is 14. The standard InChI is InChI=1S/C26H34N8O6/c1-14(2)22(25(38)33-21(26(39)40)9-17-11-29-13-31-17)34-24(37)20(8-16-10-28-12-30-16)32-23(36)19(27)7-15-3-5-18(35)6-4-15/h3-6,10-14,19-22,35H,7-9,27H2,1-2H3,(H,28,30)(H,29,31)(H,32,36)(H,33,38)(H,34,37)(H,39,40). The third-order valence-electron chi connectivity index (χ3n) is 6.18. The molecule has 0 saturated heterocycles. The van der Waals surface area contributed by atoms with Crippen LogP contribution in [0.4, 0.5) is 0 Å². The van der Waals surface area contributed by atoms with Crippen LogP contribution in [0.5, 0.6) is 5.75 Å². The summed E-state index contributed by atoms with van der Waals surface area (Å²) >= 11 is 0. The number of aromatic amines is 2. The highest BCUT2D eigenvalue weighted by Gasteiger charge is 2.32. The van der Waals surface area contributed by atoms with Gasteiger partial charge in [0.05, 0.1) is 18.7 Å². The maximum Gasteiger partial charge on any atom is 0.326 e. The number of amides is 3. The number of phenols is 1. The quantitative estimate of drug-likeness (QED) is 0.127. The normalized spacial score (nSPS) is 14.1. The zero-order valence-corrected chi connectivity index (χ0v) is 22.1. The van der Waals surface area contributed by atoms with Gasteiger partial charge in [-0.25, -0.2) is 14.8 Å². The van der Waals surface area contributed by atoms with Crippen LogP contribution in [-0.4, -0.2) is 78.0 Å². The Labute approximate surface area is 230 Å². The molecule has 40 heavy (non-hydrogen) atoms. The first kappa shape index (κ1) is 29.8. The molecule has 14 nitrogen and oxygen atoms in total. The largest absolute Gasteiger partial charge is 0.508 e. The number of carboxylic acid groups (broad SMARTS) is 1. The molecule has 3 aromatic rings. The lowest BCUT2D eigenvalue weighted by Gasteiger charge is -2.27. The summed E-state index contributed by atoms with van der Waals surface area (Å²) in [5, 5.41) is 26.8. The average Bonchev–Trinajstić information content (AvgIpc) is 3.61. The van der Waals surface area contributed by atoms with E-state index >= 15 is 0 Å². The first-order valence-electron chi connectivity index (χ1n) is 12.7. The van der Waals surface area contributed by atoms with Gasteiger partial charge < -0.3 is 41.9 Å². The molecule has 9 N–H and O–H groups in total. The number of phenolic OH excluding ortho intramolecular Hbond substituents is 1. The van der Waals surface area contributed by atoms with Crippen LogP contribution in [0.25, 0.3) is 0 Å². The maximum atomic E-state index is 13.4. The van der Waals surface area contributed by atoms with Gasteiger partial charge in [0.25, 0.3) is 0 Å². The number of carbonyl (C=O) groups excluding carboxylic acids is 3. The highest BCUT2D eigenvalue weighted by Crippen LogP contribution is 2.12. The Hall–Kier alpha value is -4.72. The lowest BCUT2D eigenvalue weighted by Crippen LogP contribution is -2.59. The second-order valence-corrected chi connectivity index (χ2v) is 9.73. The van der Waals surface area contributed by atoms with E-state index in [1.807, 2.05) is 0 Å². The number of hydrogen-bond donors (Lipinski definition) is 8. The lowest BCUT2D eigenvalue weighted by atomic mass is 10.0. The summed E-state index contributed by atoms with van der Waals surface area (Å²) in [4.78, 5) is 64.7. The number of H-pyrrole nitrogens is 2. The molecule has 0 spiro atoms. The fourth-order valence-electron chi connectivity index (χ4n) is 3.95. The number of aliphatic carboxylic acids is 1. The van der Waals surface area contributed by atoms with Crippen LogP contribution in [-0.2, 0) is 38.4 Å². The number of aromatic nitrogens is 4. The third-order valence-corrected chi connectivity index (χ3v) is 6.18.